The number of carbonyl (C=O) groups is 2. The molecule has 1 aliphatic carbocycles. The predicted molar refractivity (Wildman–Crippen MR) is 103 cm³/mol. The van der Waals surface area contributed by atoms with Gasteiger partial charge in [0.15, 0.2) is 0 Å². The first-order valence-corrected chi connectivity index (χ1v) is 9.26. The monoisotopic (exact) mass is 372 g/mol. The van der Waals surface area contributed by atoms with Crippen molar-refractivity contribution in [1.82, 2.24) is 10.2 Å². The second-order valence-corrected chi connectivity index (χ2v) is 7.12. The van der Waals surface area contributed by atoms with Crippen molar-refractivity contribution in [3.63, 3.8) is 0 Å². The lowest BCUT2D eigenvalue weighted by Gasteiger charge is -2.34. The van der Waals surface area contributed by atoms with E-state index < -0.39 is 11.6 Å². The Morgan fingerprint density at radius 1 is 1.33 bits per heavy atom. The standard InChI is InChI=1S/C20H28N4O3/c1-15(19(26)23-20(14-21)10-5-4-6-11-20)24(2)13-18(25)22-16-8-7-9-17(12-16)27-3/h7-9,12,15H,4-6,10-11,13H2,1-3H3,(H,22,25)(H,23,26)/t15-/m0/s1. The maximum Gasteiger partial charge on any atom is 0.238 e. The molecule has 27 heavy (non-hydrogen) atoms. The third-order valence-corrected chi connectivity index (χ3v) is 5.07. The van der Waals surface area contributed by atoms with E-state index in [2.05, 4.69) is 16.7 Å². The van der Waals surface area contributed by atoms with Gasteiger partial charge in [-0.3, -0.25) is 14.5 Å². The van der Waals surface area contributed by atoms with Gasteiger partial charge in [-0.05, 0) is 38.9 Å². The van der Waals surface area contributed by atoms with Crippen LogP contribution in [0.4, 0.5) is 5.69 Å². The van der Waals surface area contributed by atoms with Crippen molar-refractivity contribution in [1.29, 1.82) is 5.26 Å². The molecule has 7 nitrogen and oxygen atoms in total. The summed E-state index contributed by atoms with van der Waals surface area (Å²) in [6.45, 7) is 1.80. The number of nitrogens with one attached hydrogen (secondary N) is 2. The molecule has 2 amide bonds. The lowest BCUT2D eigenvalue weighted by Crippen LogP contribution is -2.55. The SMILES string of the molecule is COc1cccc(NC(=O)CN(C)[C@@H](C)C(=O)NC2(C#N)CCCCC2)c1. The number of ether oxygens (including phenoxy) is 1. The highest BCUT2D eigenvalue weighted by atomic mass is 16.5. The molecule has 2 rings (SSSR count). The molecule has 1 atom stereocenters. The van der Waals surface area contributed by atoms with E-state index in [0.717, 1.165) is 19.3 Å². The van der Waals surface area contributed by atoms with Crippen LogP contribution in [0.1, 0.15) is 39.0 Å². The van der Waals surface area contributed by atoms with Crippen molar-refractivity contribution in [3.05, 3.63) is 24.3 Å². The van der Waals surface area contributed by atoms with E-state index in [1.807, 2.05) is 0 Å². The number of hydrogen-bond acceptors (Lipinski definition) is 5. The van der Waals surface area contributed by atoms with Gasteiger partial charge in [0, 0.05) is 11.8 Å². The molecule has 0 saturated heterocycles. The van der Waals surface area contributed by atoms with Gasteiger partial charge in [0.2, 0.25) is 11.8 Å². The van der Waals surface area contributed by atoms with Crippen LogP contribution in [0.2, 0.25) is 0 Å². The first kappa shape index (κ1) is 20.7. The summed E-state index contributed by atoms with van der Waals surface area (Å²) < 4.78 is 5.14. The van der Waals surface area contributed by atoms with E-state index in [9.17, 15) is 14.9 Å². The van der Waals surface area contributed by atoms with Crippen LogP contribution in [0.25, 0.3) is 0 Å². The van der Waals surface area contributed by atoms with Crippen LogP contribution in [-0.2, 0) is 9.59 Å². The molecule has 0 spiro atoms. The summed E-state index contributed by atoms with van der Waals surface area (Å²) >= 11 is 0. The van der Waals surface area contributed by atoms with E-state index in [1.54, 1.807) is 50.2 Å². The first-order valence-electron chi connectivity index (χ1n) is 9.26. The van der Waals surface area contributed by atoms with Crippen molar-refractivity contribution < 1.29 is 14.3 Å². The number of carbonyl (C=O) groups excluding carboxylic acids is 2. The van der Waals surface area contributed by atoms with Crippen LogP contribution in [0, 0.1) is 11.3 Å². The molecule has 1 saturated carbocycles. The molecule has 0 bridgehead atoms. The van der Waals surface area contributed by atoms with Crippen LogP contribution in [0.5, 0.6) is 5.75 Å². The number of rotatable bonds is 7. The average Bonchev–Trinajstić information content (AvgIpc) is 2.67. The van der Waals surface area contributed by atoms with Gasteiger partial charge >= 0.3 is 0 Å². The van der Waals surface area contributed by atoms with E-state index in [-0.39, 0.29) is 18.4 Å². The lowest BCUT2D eigenvalue weighted by atomic mass is 9.82. The highest BCUT2D eigenvalue weighted by Gasteiger charge is 2.35. The van der Waals surface area contributed by atoms with E-state index in [0.29, 0.717) is 24.3 Å². The van der Waals surface area contributed by atoms with E-state index in [4.69, 9.17) is 4.74 Å². The molecule has 1 aliphatic rings. The zero-order chi connectivity index (χ0) is 19.9. The van der Waals surface area contributed by atoms with Gasteiger partial charge in [0.1, 0.15) is 11.3 Å². The number of methoxy groups -OCH3 is 1. The number of amides is 2. The number of hydrogen-bond donors (Lipinski definition) is 2. The molecule has 0 aromatic heterocycles. The second kappa shape index (κ2) is 9.38. The Hall–Kier alpha value is -2.59. The van der Waals surface area contributed by atoms with Crippen LogP contribution < -0.4 is 15.4 Å². The molecule has 1 fully saturated rings. The van der Waals surface area contributed by atoms with Gasteiger partial charge in [-0.2, -0.15) is 5.26 Å². The molecule has 2 N–H and O–H groups in total. The number of anilines is 1. The first-order chi connectivity index (χ1) is 12.9. The average molecular weight is 372 g/mol. The Balaban J connectivity index is 1.89. The summed E-state index contributed by atoms with van der Waals surface area (Å²) in [6.07, 6.45) is 4.35. The molecule has 0 aliphatic heterocycles. The minimum atomic E-state index is -0.771. The molecular formula is C20H28N4O3. The fourth-order valence-electron chi connectivity index (χ4n) is 3.23. The summed E-state index contributed by atoms with van der Waals surface area (Å²) in [5.74, 6) is 0.205. The fourth-order valence-corrected chi connectivity index (χ4v) is 3.23. The third-order valence-electron chi connectivity index (χ3n) is 5.07. The Morgan fingerprint density at radius 2 is 2.04 bits per heavy atom. The molecule has 146 valence electrons. The number of likely N-dealkylation sites (N-methyl/N-ethyl adjacent to an activating group) is 1. The smallest absolute Gasteiger partial charge is 0.238 e. The third kappa shape index (κ3) is 5.69. The summed E-state index contributed by atoms with van der Waals surface area (Å²) in [4.78, 5) is 26.5. The van der Waals surface area contributed by atoms with Gasteiger partial charge in [0.05, 0.1) is 25.8 Å². The highest BCUT2D eigenvalue weighted by molar-refractivity contribution is 5.93. The Kier molecular flexibility index (Phi) is 7.19. The fraction of sp³-hybridized carbons (Fsp3) is 0.550. The normalized spacial score (nSPS) is 16.9. The van der Waals surface area contributed by atoms with Crippen molar-refractivity contribution in [2.45, 2.75) is 50.6 Å². The zero-order valence-electron chi connectivity index (χ0n) is 16.2. The molecule has 1 aromatic carbocycles. The molecule has 1 aromatic rings. The number of nitriles is 1. The van der Waals surface area contributed by atoms with Gasteiger partial charge in [0.25, 0.3) is 0 Å². The predicted octanol–water partition coefficient (Wildman–Crippen LogP) is 2.30. The molecule has 0 heterocycles. The van der Waals surface area contributed by atoms with Crippen LogP contribution >= 0.6 is 0 Å². The molecule has 0 unspecified atom stereocenters. The Labute approximate surface area is 160 Å². The highest BCUT2D eigenvalue weighted by Crippen LogP contribution is 2.27. The summed E-state index contributed by atoms with van der Waals surface area (Å²) in [5, 5.41) is 15.2. The Bertz CT molecular complexity index is 707. The van der Waals surface area contributed by atoms with E-state index in [1.165, 1.54) is 0 Å². The van der Waals surface area contributed by atoms with E-state index >= 15 is 0 Å². The minimum absolute atomic E-state index is 0.0609. The largest absolute Gasteiger partial charge is 0.497 e. The van der Waals surface area contributed by atoms with Gasteiger partial charge < -0.3 is 15.4 Å². The summed E-state index contributed by atoms with van der Waals surface area (Å²) in [6, 6.07) is 8.86. The minimum Gasteiger partial charge on any atom is -0.497 e. The Morgan fingerprint density at radius 3 is 2.67 bits per heavy atom. The van der Waals surface area contributed by atoms with Gasteiger partial charge in [-0.15, -0.1) is 0 Å². The number of nitrogens with zero attached hydrogens (tertiary/aromatic N) is 2. The van der Waals surface area contributed by atoms with Crippen molar-refractivity contribution in [2.24, 2.45) is 0 Å². The maximum absolute atomic E-state index is 12.6. The van der Waals surface area contributed by atoms with Crippen LogP contribution in [0.3, 0.4) is 0 Å². The lowest BCUT2D eigenvalue weighted by molar-refractivity contribution is -0.128. The van der Waals surface area contributed by atoms with Crippen LogP contribution in [0.15, 0.2) is 24.3 Å². The number of benzene rings is 1. The topological polar surface area (TPSA) is 94.5 Å². The zero-order valence-corrected chi connectivity index (χ0v) is 16.2. The molecular weight excluding hydrogens is 344 g/mol. The van der Waals surface area contributed by atoms with Gasteiger partial charge in [-0.1, -0.05) is 25.3 Å². The maximum atomic E-state index is 12.6. The second-order valence-electron chi connectivity index (χ2n) is 7.12. The summed E-state index contributed by atoms with van der Waals surface area (Å²) in [5.41, 5.74) is -0.136. The summed E-state index contributed by atoms with van der Waals surface area (Å²) in [7, 11) is 3.28. The quantitative estimate of drug-likeness (QED) is 0.766. The van der Waals surface area contributed by atoms with Crippen LogP contribution in [-0.4, -0.2) is 49.0 Å². The molecule has 0 radical (unpaired) electrons. The van der Waals surface area contributed by atoms with Crippen molar-refractivity contribution in [2.75, 3.05) is 26.0 Å². The van der Waals surface area contributed by atoms with Crippen molar-refractivity contribution >= 4 is 17.5 Å². The van der Waals surface area contributed by atoms with Crippen molar-refractivity contribution in [3.8, 4) is 11.8 Å². The van der Waals surface area contributed by atoms with Gasteiger partial charge in [-0.25, -0.2) is 0 Å². The molecule has 7 heteroatoms.